The van der Waals surface area contributed by atoms with Crippen LogP contribution in [-0.2, 0) is 9.59 Å². The molecule has 2 amide bonds. The van der Waals surface area contributed by atoms with E-state index in [1.165, 1.54) is 0 Å². The lowest BCUT2D eigenvalue weighted by molar-refractivity contribution is -0.118. The molecule has 0 fully saturated rings. The molecule has 6 nitrogen and oxygen atoms in total. The first-order valence-electron chi connectivity index (χ1n) is 6.17. The van der Waals surface area contributed by atoms with Crippen molar-refractivity contribution in [1.29, 1.82) is 0 Å². The van der Waals surface area contributed by atoms with Crippen LogP contribution in [0.2, 0.25) is 0 Å². The second-order valence-electron chi connectivity index (χ2n) is 4.61. The smallest absolute Gasteiger partial charge is 0.262 e. The van der Waals surface area contributed by atoms with Crippen molar-refractivity contribution in [1.82, 2.24) is 0 Å². The van der Waals surface area contributed by atoms with Gasteiger partial charge in [-0.25, -0.2) is 0 Å². The highest BCUT2D eigenvalue weighted by Gasteiger charge is 2.16. The van der Waals surface area contributed by atoms with E-state index in [2.05, 4.69) is 10.6 Å². The van der Waals surface area contributed by atoms with Gasteiger partial charge in [-0.2, -0.15) is 0 Å². The Kier molecular flexibility index (Phi) is 4.01. The largest absolute Gasteiger partial charge is 0.482 e. The zero-order valence-electron chi connectivity index (χ0n) is 10.7. The highest BCUT2D eigenvalue weighted by Crippen LogP contribution is 2.30. The SMILES string of the molecule is CC(N)CCC(=O)Nc1ccc2c(c1)NC(=O)CO2. The number of fused-ring (bicyclic) bond motifs is 1. The zero-order chi connectivity index (χ0) is 13.8. The molecule has 2 rings (SSSR count). The van der Waals surface area contributed by atoms with E-state index in [1.54, 1.807) is 18.2 Å². The molecule has 4 N–H and O–H groups in total. The van der Waals surface area contributed by atoms with Gasteiger partial charge in [0.15, 0.2) is 6.61 Å². The van der Waals surface area contributed by atoms with Gasteiger partial charge in [-0.05, 0) is 31.5 Å². The summed E-state index contributed by atoms with van der Waals surface area (Å²) in [6, 6.07) is 5.13. The van der Waals surface area contributed by atoms with Gasteiger partial charge < -0.3 is 21.1 Å². The number of hydrogen-bond donors (Lipinski definition) is 3. The normalized spacial score (nSPS) is 14.9. The van der Waals surface area contributed by atoms with Crippen LogP contribution >= 0.6 is 0 Å². The van der Waals surface area contributed by atoms with E-state index in [0.717, 1.165) is 0 Å². The quantitative estimate of drug-likeness (QED) is 0.757. The van der Waals surface area contributed by atoms with Crippen LogP contribution in [0.25, 0.3) is 0 Å². The van der Waals surface area contributed by atoms with Gasteiger partial charge >= 0.3 is 0 Å². The number of anilines is 2. The summed E-state index contributed by atoms with van der Waals surface area (Å²) in [4.78, 5) is 22.9. The van der Waals surface area contributed by atoms with Crippen LogP contribution in [0, 0.1) is 0 Å². The van der Waals surface area contributed by atoms with Gasteiger partial charge in [-0.1, -0.05) is 0 Å². The van der Waals surface area contributed by atoms with E-state index >= 15 is 0 Å². The van der Waals surface area contributed by atoms with Gasteiger partial charge in [0.05, 0.1) is 5.69 Å². The minimum atomic E-state index is -0.201. The topological polar surface area (TPSA) is 93.5 Å². The molecule has 1 atom stereocenters. The van der Waals surface area contributed by atoms with Crippen molar-refractivity contribution >= 4 is 23.2 Å². The second kappa shape index (κ2) is 5.71. The molecule has 102 valence electrons. The molecule has 1 heterocycles. The zero-order valence-corrected chi connectivity index (χ0v) is 10.7. The van der Waals surface area contributed by atoms with E-state index in [-0.39, 0.29) is 24.5 Å². The second-order valence-corrected chi connectivity index (χ2v) is 4.61. The molecule has 19 heavy (non-hydrogen) atoms. The van der Waals surface area contributed by atoms with Crippen LogP contribution in [0.5, 0.6) is 5.75 Å². The summed E-state index contributed by atoms with van der Waals surface area (Å²) in [5.74, 6) is 0.307. The van der Waals surface area contributed by atoms with Crippen molar-refractivity contribution in [3.63, 3.8) is 0 Å². The first kappa shape index (κ1) is 13.4. The predicted octanol–water partition coefficient (Wildman–Crippen LogP) is 1.08. The van der Waals surface area contributed by atoms with Crippen molar-refractivity contribution in [2.24, 2.45) is 5.73 Å². The van der Waals surface area contributed by atoms with Gasteiger partial charge in [0.25, 0.3) is 5.91 Å². The van der Waals surface area contributed by atoms with E-state index in [4.69, 9.17) is 10.5 Å². The number of hydrogen-bond acceptors (Lipinski definition) is 4. The maximum Gasteiger partial charge on any atom is 0.262 e. The average Bonchev–Trinajstić information content (AvgIpc) is 2.36. The Morgan fingerprint density at radius 2 is 2.37 bits per heavy atom. The number of nitrogens with one attached hydrogen (secondary N) is 2. The molecule has 6 heteroatoms. The minimum absolute atomic E-state index is 0.00183. The summed E-state index contributed by atoms with van der Waals surface area (Å²) in [5.41, 5.74) is 6.79. The Morgan fingerprint density at radius 3 is 3.11 bits per heavy atom. The molecular weight excluding hydrogens is 246 g/mol. The monoisotopic (exact) mass is 263 g/mol. The van der Waals surface area contributed by atoms with Crippen molar-refractivity contribution in [3.8, 4) is 5.75 Å². The van der Waals surface area contributed by atoms with Crippen molar-refractivity contribution < 1.29 is 14.3 Å². The number of rotatable bonds is 4. The lowest BCUT2D eigenvalue weighted by Crippen LogP contribution is -2.25. The number of nitrogens with two attached hydrogens (primary N) is 1. The summed E-state index contributed by atoms with van der Waals surface area (Å²) >= 11 is 0. The van der Waals surface area contributed by atoms with Crippen LogP contribution in [0.1, 0.15) is 19.8 Å². The lowest BCUT2D eigenvalue weighted by atomic mass is 10.2. The van der Waals surface area contributed by atoms with Gasteiger partial charge in [-0.3, -0.25) is 9.59 Å². The average molecular weight is 263 g/mol. The molecule has 1 aromatic carbocycles. The van der Waals surface area contributed by atoms with E-state index in [9.17, 15) is 9.59 Å². The number of carbonyl (C=O) groups is 2. The summed E-state index contributed by atoms with van der Waals surface area (Å²) in [7, 11) is 0. The maximum atomic E-state index is 11.7. The fourth-order valence-corrected chi connectivity index (χ4v) is 1.74. The molecule has 0 spiro atoms. The first-order chi connectivity index (χ1) is 9.04. The molecule has 0 aliphatic carbocycles. The Labute approximate surface area is 111 Å². The summed E-state index contributed by atoms with van der Waals surface area (Å²) in [6.45, 7) is 1.88. The summed E-state index contributed by atoms with van der Waals surface area (Å²) < 4.78 is 5.23. The van der Waals surface area contributed by atoms with Crippen LogP contribution in [0.15, 0.2) is 18.2 Å². The van der Waals surface area contributed by atoms with Gasteiger partial charge in [0, 0.05) is 18.2 Å². The highest BCUT2D eigenvalue weighted by atomic mass is 16.5. The van der Waals surface area contributed by atoms with Crippen LogP contribution in [0.4, 0.5) is 11.4 Å². The Balaban J connectivity index is 2.00. The fourth-order valence-electron chi connectivity index (χ4n) is 1.74. The first-order valence-corrected chi connectivity index (χ1v) is 6.17. The Bertz CT molecular complexity index is 500. The highest BCUT2D eigenvalue weighted by molar-refractivity contribution is 5.97. The molecule has 0 bridgehead atoms. The Hall–Kier alpha value is -2.08. The molecule has 0 saturated carbocycles. The van der Waals surface area contributed by atoms with Crippen molar-refractivity contribution in [2.75, 3.05) is 17.2 Å². The molecule has 0 radical (unpaired) electrons. The van der Waals surface area contributed by atoms with Gasteiger partial charge in [0.2, 0.25) is 5.91 Å². The number of carbonyl (C=O) groups excluding carboxylic acids is 2. The summed E-state index contributed by atoms with van der Waals surface area (Å²) in [5, 5.41) is 5.45. The number of amides is 2. The number of ether oxygens (including phenoxy) is 1. The lowest BCUT2D eigenvalue weighted by Gasteiger charge is -2.18. The molecule has 0 aromatic heterocycles. The van der Waals surface area contributed by atoms with Crippen LogP contribution in [0.3, 0.4) is 0 Å². The molecule has 1 aromatic rings. The van der Waals surface area contributed by atoms with Crippen LogP contribution < -0.4 is 21.1 Å². The molecule has 1 aliphatic rings. The van der Waals surface area contributed by atoms with Crippen molar-refractivity contribution in [3.05, 3.63) is 18.2 Å². The molecular formula is C13H17N3O3. The Morgan fingerprint density at radius 1 is 1.58 bits per heavy atom. The van der Waals surface area contributed by atoms with Gasteiger partial charge in [0.1, 0.15) is 5.75 Å². The molecule has 1 unspecified atom stereocenters. The maximum absolute atomic E-state index is 11.7. The third-order valence-corrected chi connectivity index (χ3v) is 2.72. The third-order valence-electron chi connectivity index (χ3n) is 2.72. The fraction of sp³-hybridized carbons (Fsp3) is 0.385. The molecule has 1 aliphatic heterocycles. The minimum Gasteiger partial charge on any atom is -0.482 e. The van der Waals surface area contributed by atoms with E-state index in [0.29, 0.717) is 30.0 Å². The number of benzene rings is 1. The van der Waals surface area contributed by atoms with Crippen molar-refractivity contribution in [2.45, 2.75) is 25.8 Å². The third kappa shape index (κ3) is 3.69. The molecule has 0 saturated heterocycles. The van der Waals surface area contributed by atoms with Gasteiger partial charge in [-0.15, -0.1) is 0 Å². The summed E-state index contributed by atoms with van der Waals surface area (Å²) in [6.07, 6.45) is 1.01. The predicted molar refractivity (Wildman–Crippen MR) is 72.1 cm³/mol. The standard InChI is InChI=1S/C13H17N3O3/c1-8(14)2-5-12(17)15-9-3-4-11-10(6-9)16-13(18)7-19-11/h3-4,6,8H,2,5,7,14H2,1H3,(H,15,17)(H,16,18). The van der Waals surface area contributed by atoms with E-state index in [1.807, 2.05) is 6.92 Å². The van der Waals surface area contributed by atoms with E-state index < -0.39 is 0 Å². The van der Waals surface area contributed by atoms with Crippen LogP contribution in [-0.4, -0.2) is 24.5 Å².